The average Bonchev–Trinajstić information content (AvgIpc) is 2.15. The molecule has 1 rings (SSSR count). The third-order valence-corrected chi connectivity index (χ3v) is 2.70. The molecule has 0 fully saturated rings. The summed E-state index contributed by atoms with van der Waals surface area (Å²) < 4.78 is 0. The van der Waals surface area contributed by atoms with E-state index in [1.807, 2.05) is 20.8 Å². The number of hydrogen-bond acceptors (Lipinski definition) is 2. The lowest BCUT2D eigenvalue weighted by atomic mass is 9.85. The Bertz CT molecular complexity index is 406. The highest BCUT2D eigenvalue weighted by Gasteiger charge is 2.24. The average molecular weight is 261 g/mol. The van der Waals surface area contributed by atoms with Crippen LogP contribution in [0.5, 0.6) is 5.75 Å². The van der Waals surface area contributed by atoms with Gasteiger partial charge in [-0.05, 0) is 17.0 Å². The molecule has 0 aliphatic rings. The van der Waals surface area contributed by atoms with E-state index in [1.54, 1.807) is 12.1 Å². The van der Waals surface area contributed by atoms with E-state index in [0.29, 0.717) is 5.56 Å². The second-order valence-electron chi connectivity index (χ2n) is 4.62. The number of rotatable bonds is 2. The zero-order valence-electron chi connectivity index (χ0n) is 9.42. The van der Waals surface area contributed by atoms with E-state index in [9.17, 15) is 9.90 Å². The minimum atomic E-state index is -1.15. The summed E-state index contributed by atoms with van der Waals surface area (Å²) in [5, 5.41) is 10.0. The first kappa shape index (κ1) is 13.3. The van der Waals surface area contributed by atoms with Crippen molar-refractivity contribution in [3.8, 4) is 5.75 Å². The van der Waals surface area contributed by atoms with Crippen molar-refractivity contribution in [2.24, 2.45) is 0 Å². The van der Waals surface area contributed by atoms with Crippen LogP contribution in [0.25, 0.3) is 0 Å². The third kappa shape index (κ3) is 2.69. The fourth-order valence-corrected chi connectivity index (χ4v) is 1.70. The van der Waals surface area contributed by atoms with E-state index in [2.05, 4.69) is 0 Å². The van der Waals surface area contributed by atoms with Crippen LogP contribution in [-0.4, -0.2) is 15.7 Å². The number of para-hydroxylation sites is 1. The number of benzene rings is 1. The minimum Gasteiger partial charge on any atom is -0.507 e. The first-order chi connectivity index (χ1) is 7.25. The van der Waals surface area contributed by atoms with E-state index in [4.69, 9.17) is 23.2 Å². The summed E-state index contributed by atoms with van der Waals surface area (Å²) in [4.78, 5) is 10.5. The van der Waals surface area contributed by atoms with Crippen molar-refractivity contribution in [2.45, 2.75) is 31.0 Å². The molecule has 4 heteroatoms. The number of Topliss-reactive ketones (excluding diaryl/α,β-unsaturated/α-hetero) is 1. The SMILES string of the molecule is CC(C)(C)c1cccc(C(=O)C(Cl)Cl)c1O. The molecule has 0 atom stereocenters. The number of phenolic OH excluding ortho intramolecular Hbond substituents is 1. The quantitative estimate of drug-likeness (QED) is 0.651. The lowest BCUT2D eigenvalue weighted by Crippen LogP contribution is -2.15. The molecule has 0 saturated heterocycles. The van der Waals surface area contributed by atoms with Gasteiger partial charge in [-0.3, -0.25) is 4.79 Å². The van der Waals surface area contributed by atoms with Crippen LogP contribution in [0.1, 0.15) is 36.7 Å². The summed E-state index contributed by atoms with van der Waals surface area (Å²) in [6, 6.07) is 5.01. The zero-order valence-corrected chi connectivity index (χ0v) is 10.9. The molecule has 0 aliphatic heterocycles. The molecule has 0 spiro atoms. The summed E-state index contributed by atoms with van der Waals surface area (Å²) in [5.74, 6) is -0.516. The van der Waals surface area contributed by atoms with Gasteiger partial charge >= 0.3 is 0 Å². The molecule has 0 unspecified atom stereocenters. The number of aromatic hydroxyl groups is 1. The number of alkyl halides is 2. The summed E-state index contributed by atoms with van der Waals surface area (Å²) >= 11 is 11.0. The fourth-order valence-electron chi connectivity index (χ4n) is 1.47. The van der Waals surface area contributed by atoms with Gasteiger partial charge in [0, 0.05) is 0 Å². The van der Waals surface area contributed by atoms with E-state index >= 15 is 0 Å². The van der Waals surface area contributed by atoms with E-state index in [0.717, 1.165) is 0 Å². The molecule has 1 aromatic carbocycles. The van der Waals surface area contributed by atoms with Crippen molar-refractivity contribution in [3.63, 3.8) is 0 Å². The molecule has 0 aliphatic carbocycles. The van der Waals surface area contributed by atoms with Gasteiger partial charge in [0.25, 0.3) is 0 Å². The van der Waals surface area contributed by atoms with Gasteiger partial charge in [0.05, 0.1) is 5.56 Å². The van der Waals surface area contributed by atoms with E-state index < -0.39 is 10.6 Å². The Balaban J connectivity index is 3.30. The molecule has 1 N–H and O–H groups in total. The lowest BCUT2D eigenvalue weighted by molar-refractivity contribution is 0.100. The predicted molar refractivity (Wildman–Crippen MR) is 66.6 cm³/mol. The van der Waals surface area contributed by atoms with Gasteiger partial charge in [-0.2, -0.15) is 0 Å². The minimum absolute atomic E-state index is 0.0358. The number of ketones is 1. The van der Waals surface area contributed by atoms with Crippen molar-refractivity contribution < 1.29 is 9.90 Å². The molecular weight excluding hydrogens is 247 g/mol. The molecule has 0 bridgehead atoms. The Labute approximate surface area is 105 Å². The Morgan fingerprint density at radius 3 is 2.31 bits per heavy atom. The Kier molecular flexibility index (Phi) is 3.87. The van der Waals surface area contributed by atoms with Crippen molar-refractivity contribution in [2.75, 3.05) is 0 Å². The van der Waals surface area contributed by atoms with Crippen molar-refractivity contribution in [1.82, 2.24) is 0 Å². The Hall–Kier alpha value is -0.730. The lowest BCUT2D eigenvalue weighted by Gasteiger charge is -2.21. The standard InChI is InChI=1S/C12H14Cl2O2/c1-12(2,3)8-6-4-5-7(9(8)15)10(16)11(13)14/h4-6,11,15H,1-3H3. The van der Waals surface area contributed by atoms with Crippen LogP contribution in [0, 0.1) is 0 Å². The van der Waals surface area contributed by atoms with Crippen LogP contribution in [0.3, 0.4) is 0 Å². The normalized spacial score (nSPS) is 11.9. The Morgan fingerprint density at radius 1 is 1.31 bits per heavy atom. The van der Waals surface area contributed by atoms with Gasteiger partial charge in [-0.25, -0.2) is 0 Å². The number of carbonyl (C=O) groups excluding carboxylic acids is 1. The largest absolute Gasteiger partial charge is 0.507 e. The molecule has 0 radical (unpaired) electrons. The van der Waals surface area contributed by atoms with Crippen LogP contribution < -0.4 is 0 Å². The smallest absolute Gasteiger partial charge is 0.199 e. The monoisotopic (exact) mass is 260 g/mol. The maximum Gasteiger partial charge on any atom is 0.199 e. The van der Waals surface area contributed by atoms with Gasteiger partial charge in [-0.1, -0.05) is 56.1 Å². The molecule has 1 aromatic rings. The summed E-state index contributed by atoms with van der Waals surface area (Å²) in [7, 11) is 0. The van der Waals surface area contributed by atoms with Crippen LogP contribution in [0.15, 0.2) is 18.2 Å². The van der Waals surface area contributed by atoms with Crippen LogP contribution in [0.4, 0.5) is 0 Å². The Morgan fingerprint density at radius 2 is 1.88 bits per heavy atom. The maximum atomic E-state index is 11.6. The van der Waals surface area contributed by atoms with Gasteiger partial charge in [0.15, 0.2) is 10.6 Å². The number of phenols is 1. The van der Waals surface area contributed by atoms with Crippen molar-refractivity contribution in [1.29, 1.82) is 0 Å². The molecule has 0 heterocycles. The number of carbonyl (C=O) groups is 1. The van der Waals surface area contributed by atoms with Crippen LogP contribution in [0.2, 0.25) is 0 Å². The molecule has 0 amide bonds. The van der Waals surface area contributed by atoms with Gasteiger partial charge < -0.3 is 5.11 Å². The van der Waals surface area contributed by atoms with Gasteiger partial charge in [-0.15, -0.1) is 0 Å². The molecule has 0 saturated carbocycles. The zero-order chi connectivity index (χ0) is 12.5. The molecule has 16 heavy (non-hydrogen) atoms. The van der Waals surface area contributed by atoms with Gasteiger partial charge in [0.2, 0.25) is 0 Å². The first-order valence-corrected chi connectivity index (χ1v) is 5.77. The van der Waals surface area contributed by atoms with Crippen molar-refractivity contribution in [3.05, 3.63) is 29.3 Å². The number of halogens is 2. The maximum absolute atomic E-state index is 11.6. The van der Waals surface area contributed by atoms with E-state index in [-0.39, 0.29) is 16.7 Å². The number of hydrogen-bond donors (Lipinski definition) is 1. The highest BCUT2D eigenvalue weighted by molar-refractivity contribution is 6.55. The second kappa shape index (κ2) is 4.64. The van der Waals surface area contributed by atoms with Crippen molar-refractivity contribution >= 4 is 29.0 Å². The molecule has 88 valence electrons. The highest BCUT2D eigenvalue weighted by atomic mass is 35.5. The molecular formula is C12H14Cl2O2. The summed E-state index contributed by atoms with van der Waals surface area (Å²) in [6.07, 6.45) is 0. The molecule has 0 aromatic heterocycles. The van der Waals surface area contributed by atoms with Gasteiger partial charge in [0.1, 0.15) is 5.75 Å². The predicted octanol–water partition coefficient (Wildman–Crippen LogP) is 3.68. The molecule has 2 nitrogen and oxygen atoms in total. The summed E-state index contributed by atoms with van der Waals surface area (Å²) in [5.41, 5.74) is 0.629. The first-order valence-electron chi connectivity index (χ1n) is 4.90. The topological polar surface area (TPSA) is 37.3 Å². The summed E-state index contributed by atoms with van der Waals surface area (Å²) in [6.45, 7) is 5.86. The van der Waals surface area contributed by atoms with Crippen LogP contribution in [-0.2, 0) is 5.41 Å². The second-order valence-corrected chi connectivity index (χ2v) is 5.71. The van der Waals surface area contributed by atoms with Crippen LogP contribution >= 0.6 is 23.2 Å². The fraction of sp³-hybridized carbons (Fsp3) is 0.417. The van der Waals surface area contributed by atoms with E-state index in [1.165, 1.54) is 6.07 Å². The highest BCUT2D eigenvalue weighted by Crippen LogP contribution is 2.34. The third-order valence-electron chi connectivity index (χ3n) is 2.31.